The number of nitrogens with one attached hydrogen (secondary N) is 1. The van der Waals surface area contributed by atoms with Crippen molar-refractivity contribution >= 4 is 34.5 Å². The lowest BCUT2D eigenvalue weighted by molar-refractivity contribution is -0.137. The van der Waals surface area contributed by atoms with Crippen molar-refractivity contribution in [1.82, 2.24) is 29.0 Å². The maximum Gasteiger partial charge on any atom is 0.416 e. The summed E-state index contributed by atoms with van der Waals surface area (Å²) >= 11 is 0. The third-order valence-electron chi connectivity index (χ3n) is 8.75. The number of hydrogen-bond acceptors (Lipinski definition) is 9. The molecule has 2 aliphatic heterocycles. The number of amides is 2. The maximum atomic E-state index is 14.2. The van der Waals surface area contributed by atoms with Gasteiger partial charge in [-0.05, 0) is 67.7 Å². The average molecular weight is 681 g/mol. The van der Waals surface area contributed by atoms with E-state index in [-0.39, 0.29) is 61.2 Å². The van der Waals surface area contributed by atoms with Gasteiger partial charge in [0.15, 0.2) is 11.5 Å². The van der Waals surface area contributed by atoms with Gasteiger partial charge < -0.3 is 29.5 Å². The molecule has 16 heteroatoms. The summed E-state index contributed by atoms with van der Waals surface area (Å²) in [5.41, 5.74) is 1.29. The number of benzene rings is 1. The van der Waals surface area contributed by atoms with Crippen molar-refractivity contribution in [2.45, 2.75) is 46.3 Å². The van der Waals surface area contributed by atoms with Crippen LogP contribution in [0.25, 0.3) is 11.4 Å². The summed E-state index contributed by atoms with van der Waals surface area (Å²) in [6, 6.07) is 4.69. The second-order valence-electron chi connectivity index (χ2n) is 11.9. The first-order chi connectivity index (χ1) is 23.4. The molecule has 6 rings (SSSR count). The van der Waals surface area contributed by atoms with Crippen molar-refractivity contribution in [2.24, 2.45) is 0 Å². The van der Waals surface area contributed by atoms with E-state index >= 15 is 0 Å². The molecule has 0 spiro atoms. The Morgan fingerprint density at radius 1 is 1.08 bits per heavy atom. The van der Waals surface area contributed by atoms with Crippen LogP contribution < -0.4 is 15.8 Å². The summed E-state index contributed by atoms with van der Waals surface area (Å²) in [5, 5.41) is 17.7. The van der Waals surface area contributed by atoms with E-state index in [1.54, 1.807) is 22.5 Å². The van der Waals surface area contributed by atoms with Gasteiger partial charge in [0.1, 0.15) is 18.0 Å². The van der Waals surface area contributed by atoms with Crippen molar-refractivity contribution < 1.29 is 32.6 Å². The molecule has 2 amide bonds. The van der Waals surface area contributed by atoms with Crippen molar-refractivity contribution in [3.63, 3.8) is 0 Å². The topological polar surface area (TPSA) is 147 Å². The van der Waals surface area contributed by atoms with E-state index in [2.05, 4.69) is 20.4 Å². The molecule has 5 heterocycles. The van der Waals surface area contributed by atoms with E-state index in [9.17, 15) is 32.7 Å². The van der Waals surface area contributed by atoms with Crippen LogP contribution in [0.3, 0.4) is 0 Å². The molecule has 13 nitrogen and oxygen atoms in total. The molecule has 0 saturated carbocycles. The minimum atomic E-state index is -4.52. The largest absolute Gasteiger partial charge is 0.505 e. The number of alkyl halides is 3. The fourth-order valence-corrected chi connectivity index (χ4v) is 6.10. The number of aromatic nitrogens is 5. The quantitative estimate of drug-likeness (QED) is 0.299. The monoisotopic (exact) mass is 680 g/mol. The highest BCUT2D eigenvalue weighted by Gasteiger charge is 2.32. The number of ether oxygens (including phenoxy) is 1. The summed E-state index contributed by atoms with van der Waals surface area (Å²) in [6.07, 6.45) is -0.363. The number of hydrogen-bond donors (Lipinski definition) is 2. The normalized spacial score (nSPS) is 15.4. The van der Waals surface area contributed by atoms with Crippen molar-refractivity contribution in [3.8, 4) is 5.75 Å². The van der Waals surface area contributed by atoms with E-state index in [1.807, 2.05) is 17.9 Å². The molecule has 258 valence electrons. The van der Waals surface area contributed by atoms with Crippen molar-refractivity contribution in [1.29, 1.82) is 0 Å². The molecule has 0 radical (unpaired) electrons. The highest BCUT2D eigenvalue weighted by molar-refractivity contribution is 5.95. The number of fused-ring (bicyclic) bond motifs is 1. The molecule has 1 aromatic carbocycles. The first kappa shape index (κ1) is 33.6. The Morgan fingerprint density at radius 2 is 1.84 bits per heavy atom. The number of halogens is 3. The van der Waals surface area contributed by atoms with Crippen LogP contribution in [-0.4, -0.2) is 85.4 Å². The number of piperazine rings is 1. The third kappa shape index (κ3) is 6.60. The van der Waals surface area contributed by atoms with E-state index in [1.165, 1.54) is 23.7 Å². The Bertz CT molecular complexity index is 2030. The third-order valence-corrected chi connectivity index (χ3v) is 8.75. The Kier molecular flexibility index (Phi) is 9.16. The highest BCUT2D eigenvalue weighted by Crippen LogP contribution is 2.32. The lowest BCUT2D eigenvalue weighted by atomic mass is 10.1. The molecular weight excluding hydrogens is 645 g/mol. The van der Waals surface area contributed by atoms with Gasteiger partial charge in [0, 0.05) is 38.1 Å². The second-order valence-corrected chi connectivity index (χ2v) is 11.9. The van der Waals surface area contributed by atoms with Gasteiger partial charge in [-0.2, -0.15) is 22.7 Å². The van der Waals surface area contributed by atoms with Crippen LogP contribution in [0.4, 0.5) is 24.5 Å². The Balaban J connectivity index is 1.35. The molecule has 2 aliphatic rings. The SMILES string of the molecule is CCc1c(N2CCN(C(=O)c3nccc(C)c3O)CC2)c(=O)n2nc(C3=CCOCC3)nc2n1CC(=O)Nc1ccc(C(F)(F)F)cc1C. The zero-order chi connectivity index (χ0) is 35.0. The van der Waals surface area contributed by atoms with Crippen LogP contribution in [0.1, 0.15) is 52.0 Å². The Hall–Kier alpha value is -5.25. The van der Waals surface area contributed by atoms with Crippen LogP contribution in [-0.2, 0) is 28.7 Å². The molecule has 4 aromatic rings. The summed E-state index contributed by atoms with van der Waals surface area (Å²) in [5.74, 6) is -0.673. The molecule has 49 heavy (non-hydrogen) atoms. The zero-order valence-corrected chi connectivity index (χ0v) is 27.2. The van der Waals surface area contributed by atoms with Crippen LogP contribution in [0.5, 0.6) is 5.75 Å². The molecule has 0 atom stereocenters. The number of carbonyl (C=O) groups is 2. The molecule has 2 N–H and O–H groups in total. The zero-order valence-electron chi connectivity index (χ0n) is 27.2. The number of nitrogens with zero attached hydrogens (tertiary/aromatic N) is 7. The van der Waals surface area contributed by atoms with Gasteiger partial charge >= 0.3 is 6.18 Å². The average Bonchev–Trinajstić information content (AvgIpc) is 3.54. The number of anilines is 2. The van der Waals surface area contributed by atoms with Gasteiger partial charge in [-0.1, -0.05) is 13.0 Å². The van der Waals surface area contributed by atoms with Crippen molar-refractivity contribution in [2.75, 3.05) is 49.6 Å². The molecule has 0 unspecified atom stereocenters. The maximum absolute atomic E-state index is 14.2. The van der Waals surface area contributed by atoms with Gasteiger partial charge in [0.05, 0.1) is 24.5 Å². The first-order valence-corrected chi connectivity index (χ1v) is 15.8. The Labute approximate surface area is 278 Å². The van der Waals surface area contributed by atoms with E-state index in [4.69, 9.17) is 4.74 Å². The van der Waals surface area contributed by atoms with E-state index in [0.29, 0.717) is 48.8 Å². The number of aryl methyl sites for hydroxylation is 2. The number of rotatable bonds is 7. The summed E-state index contributed by atoms with van der Waals surface area (Å²) in [7, 11) is 0. The van der Waals surface area contributed by atoms with Crippen molar-refractivity contribution in [3.05, 3.63) is 80.8 Å². The fraction of sp³-hybridized carbons (Fsp3) is 0.394. The second kappa shape index (κ2) is 13.3. The van der Waals surface area contributed by atoms with E-state index in [0.717, 1.165) is 17.7 Å². The van der Waals surface area contributed by atoms with Gasteiger partial charge in [0.2, 0.25) is 11.7 Å². The lowest BCUT2D eigenvalue weighted by Gasteiger charge is -2.36. The van der Waals surface area contributed by atoms with Gasteiger partial charge in [-0.15, -0.1) is 5.10 Å². The first-order valence-electron chi connectivity index (χ1n) is 15.8. The minimum Gasteiger partial charge on any atom is -0.505 e. The predicted octanol–water partition coefficient (Wildman–Crippen LogP) is 3.59. The van der Waals surface area contributed by atoms with Crippen LogP contribution in [0.15, 0.2) is 41.3 Å². The van der Waals surface area contributed by atoms with Crippen LogP contribution in [0.2, 0.25) is 0 Å². The summed E-state index contributed by atoms with van der Waals surface area (Å²) < 4.78 is 47.9. The van der Waals surface area contributed by atoms with Gasteiger partial charge in [-0.25, -0.2) is 4.98 Å². The molecule has 0 bridgehead atoms. The smallest absolute Gasteiger partial charge is 0.416 e. The number of aromatic hydroxyl groups is 1. The summed E-state index contributed by atoms with van der Waals surface area (Å²) in [4.78, 5) is 53.1. The van der Waals surface area contributed by atoms with Crippen LogP contribution >= 0.6 is 0 Å². The minimum absolute atomic E-state index is 0.0432. The molecule has 1 saturated heterocycles. The number of carbonyl (C=O) groups excluding carboxylic acids is 2. The Morgan fingerprint density at radius 3 is 2.49 bits per heavy atom. The van der Waals surface area contributed by atoms with Gasteiger partial charge in [0.25, 0.3) is 11.5 Å². The molecule has 0 aliphatic carbocycles. The van der Waals surface area contributed by atoms with Gasteiger partial charge in [-0.3, -0.25) is 14.4 Å². The molecule has 3 aromatic heterocycles. The molecule has 1 fully saturated rings. The fourth-order valence-electron chi connectivity index (χ4n) is 6.10. The van der Waals surface area contributed by atoms with E-state index < -0.39 is 29.1 Å². The highest BCUT2D eigenvalue weighted by atomic mass is 19.4. The number of pyridine rings is 1. The predicted molar refractivity (Wildman–Crippen MR) is 174 cm³/mol. The summed E-state index contributed by atoms with van der Waals surface area (Å²) in [6.45, 7) is 6.53. The molecular formula is C33H35F3N8O5. The standard InChI is InChI=1S/C33H35F3N8O5/c1-4-24-27(41-11-13-42(14-12-41)30(47)26-28(46)19(2)7-10-37-26)31(48)44-32(39-29(40-44)21-8-15-49-16-9-21)43(24)18-25(45)38-23-6-5-22(17-20(23)3)33(34,35)36/h5-8,10,17,46H,4,9,11-16,18H2,1-3H3,(H,38,45). The van der Waals surface area contributed by atoms with Crippen LogP contribution in [0, 0.1) is 13.8 Å². The lowest BCUT2D eigenvalue weighted by Crippen LogP contribution is -2.51.